The highest BCUT2D eigenvalue weighted by Crippen LogP contribution is 2.26. The van der Waals surface area contributed by atoms with Crippen LogP contribution in [0, 0.1) is 0 Å². The summed E-state index contributed by atoms with van der Waals surface area (Å²) in [4.78, 5) is 0. The molecule has 2 aromatic rings. The fourth-order valence-electron chi connectivity index (χ4n) is 1.88. The van der Waals surface area contributed by atoms with E-state index in [0.717, 1.165) is 0 Å². The number of nitrogens with one attached hydrogen (secondary N) is 3. The molecule has 0 unspecified atom stereocenters. The van der Waals surface area contributed by atoms with E-state index >= 15 is 0 Å². The zero-order valence-electron chi connectivity index (χ0n) is 11.9. The molecular weight excluding hydrogens is 292 g/mol. The molecule has 3 N–H and O–H groups in total. The summed E-state index contributed by atoms with van der Waals surface area (Å²) in [5.74, 6) is 0.484. The van der Waals surface area contributed by atoms with Gasteiger partial charge in [-0.05, 0) is 26.1 Å². The molecule has 0 amide bonds. The van der Waals surface area contributed by atoms with E-state index in [1.54, 1.807) is 31.3 Å². The summed E-state index contributed by atoms with van der Waals surface area (Å²) in [5, 5.41) is 9.26. The van der Waals surface area contributed by atoms with E-state index in [4.69, 9.17) is 4.74 Å². The smallest absolute Gasteiger partial charge is 0.279 e. The number of nitrogens with zero attached hydrogens (tertiary/aromatic N) is 1. The highest BCUT2D eigenvalue weighted by atomic mass is 32.2. The summed E-state index contributed by atoms with van der Waals surface area (Å²) < 4.78 is 32.8. The van der Waals surface area contributed by atoms with Crippen LogP contribution in [-0.2, 0) is 16.6 Å². The van der Waals surface area contributed by atoms with Crippen LogP contribution in [0.2, 0.25) is 0 Å². The van der Waals surface area contributed by atoms with Crippen LogP contribution in [0.3, 0.4) is 0 Å². The van der Waals surface area contributed by atoms with Gasteiger partial charge in [-0.1, -0.05) is 12.1 Å². The summed E-state index contributed by atoms with van der Waals surface area (Å²) in [6, 6.07) is 6.88. The lowest BCUT2D eigenvalue weighted by molar-refractivity contribution is 0.342. The third-order valence-electron chi connectivity index (χ3n) is 2.75. The van der Waals surface area contributed by atoms with Crippen molar-refractivity contribution in [2.75, 3.05) is 18.4 Å². The quantitative estimate of drug-likeness (QED) is 0.717. The van der Waals surface area contributed by atoms with Crippen molar-refractivity contribution in [3.63, 3.8) is 0 Å². The first kappa shape index (κ1) is 15.3. The normalized spacial score (nSPS) is 11.3. The van der Waals surface area contributed by atoms with Crippen LogP contribution in [0.15, 0.2) is 35.5 Å². The number of hydrogen-bond acceptors (Lipinski definition) is 5. The summed E-state index contributed by atoms with van der Waals surface area (Å²) in [7, 11) is -2.01. The molecule has 2 rings (SSSR count). The number of hydrogen-bond donors (Lipinski definition) is 3. The molecule has 7 nitrogen and oxygen atoms in total. The third kappa shape index (κ3) is 3.53. The first-order valence-electron chi connectivity index (χ1n) is 6.50. The van der Waals surface area contributed by atoms with Gasteiger partial charge in [-0.25, -0.2) is 0 Å². The maximum Gasteiger partial charge on any atom is 0.279 e. The number of para-hydroxylation sites is 2. The Kier molecular flexibility index (Phi) is 4.81. The van der Waals surface area contributed by atoms with E-state index in [1.807, 2.05) is 6.92 Å². The average Bonchev–Trinajstić information content (AvgIpc) is 2.91. The van der Waals surface area contributed by atoms with Crippen molar-refractivity contribution in [3.8, 4) is 5.75 Å². The molecule has 1 aromatic carbocycles. The summed E-state index contributed by atoms with van der Waals surface area (Å²) in [6.45, 7) is 2.69. The van der Waals surface area contributed by atoms with Crippen LogP contribution in [-0.4, -0.2) is 32.3 Å². The predicted molar refractivity (Wildman–Crippen MR) is 79.8 cm³/mol. The van der Waals surface area contributed by atoms with E-state index in [1.165, 1.54) is 6.20 Å². The zero-order chi connectivity index (χ0) is 15.3. The fourth-order valence-corrected chi connectivity index (χ4v) is 3.08. The van der Waals surface area contributed by atoms with Crippen LogP contribution in [0.4, 0.5) is 5.69 Å². The Bertz CT molecular complexity index is 697. The molecule has 0 aliphatic rings. The number of benzene rings is 1. The number of ether oxygens (including phenoxy) is 1. The van der Waals surface area contributed by atoms with E-state index in [-0.39, 0.29) is 5.03 Å². The van der Waals surface area contributed by atoms with E-state index in [9.17, 15) is 8.42 Å². The van der Waals surface area contributed by atoms with Crippen molar-refractivity contribution >= 4 is 15.7 Å². The van der Waals surface area contributed by atoms with Crippen LogP contribution in [0.1, 0.15) is 12.5 Å². The Morgan fingerprint density at radius 1 is 1.33 bits per heavy atom. The molecule has 0 aliphatic heterocycles. The van der Waals surface area contributed by atoms with E-state index in [0.29, 0.717) is 30.2 Å². The maximum atomic E-state index is 12.4. The number of anilines is 1. The summed E-state index contributed by atoms with van der Waals surface area (Å²) >= 11 is 0. The lowest BCUT2D eigenvalue weighted by Gasteiger charge is -2.12. The molecule has 0 saturated heterocycles. The number of aromatic amines is 1. The van der Waals surface area contributed by atoms with Crippen LogP contribution in [0.5, 0.6) is 5.75 Å². The lowest BCUT2D eigenvalue weighted by Crippen LogP contribution is -2.17. The van der Waals surface area contributed by atoms with Gasteiger partial charge in [0.25, 0.3) is 10.0 Å². The van der Waals surface area contributed by atoms with Crippen molar-refractivity contribution < 1.29 is 13.2 Å². The van der Waals surface area contributed by atoms with Crippen molar-refractivity contribution in [2.45, 2.75) is 18.5 Å². The summed E-state index contributed by atoms with van der Waals surface area (Å²) in [5.41, 5.74) is 0.961. The highest BCUT2D eigenvalue weighted by Gasteiger charge is 2.21. The van der Waals surface area contributed by atoms with Gasteiger partial charge in [0, 0.05) is 12.1 Å². The second kappa shape index (κ2) is 6.59. The van der Waals surface area contributed by atoms with Crippen molar-refractivity contribution in [1.82, 2.24) is 15.5 Å². The Balaban J connectivity index is 2.31. The van der Waals surface area contributed by atoms with Gasteiger partial charge in [0.15, 0.2) is 5.03 Å². The van der Waals surface area contributed by atoms with E-state index < -0.39 is 10.0 Å². The first-order valence-corrected chi connectivity index (χ1v) is 7.98. The Morgan fingerprint density at radius 3 is 2.81 bits per heavy atom. The van der Waals surface area contributed by atoms with Gasteiger partial charge < -0.3 is 10.1 Å². The molecule has 0 saturated carbocycles. The number of aromatic nitrogens is 2. The zero-order valence-corrected chi connectivity index (χ0v) is 12.7. The van der Waals surface area contributed by atoms with Crippen LogP contribution < -0.4 is 14.8 Å². The molecule has 0 bridgehead atoms. The monoisotopic (exact) mass is 310 g/mol. The number of H-pyrrole nitrogens is 1. The Hall–Kier alpha value is -2.06. The molecule has 114 valence electrons. The minimum Gasteiger partial charge on any atom is -0.492 e. The molecule has 1 aromatic heterocycles. The van der Waals surface area contributed by atoms with Crippen molar-refractivity contribution in [3.05, 3.63) is 36.0 Å². The molecule has 0 spiro atoms. The molecular formula is C13H18N4O3S. The van der Waals surface area contributed by atoms with Crippen LogP contribution >= 0.6 is 0 Å². The van der Waals surface area contributed by atoms with Gasteiger partial charge >= 0.3 is 0 Å². The number of rotatable bonds is 7. The minimum absolute atomic E-state index is 0.0446. The topological polar surface area (TPSA) is 96.1 Å². The Morgan fingerprint density at radius 2 is 2.10 bits per heavy atom. The number of sulfonamides is 1. The average molecular weight is 310 g/mol. The van der Waals surface area contributed by atoms with Gasteiger partial charge in [-0.15, -0.1) is 0 Å². The molecule has 21 heavy (non-hydrogen) atoms. The van der Waals surface area contributed by atoms with Crippen molar-refractivity contribution in [2.24, 2.45) is 0 Å². The van der Waals surface area contributed by atoms with Gasteiger partial charge in [-0.3, -0.25) is 9.82 Å². The molecule has 8 heteroatoms. The molecule has 1 heterocycles. The second-order valence-electron chi connectivity index (χ2n) is 4.29. The van der Waals surface area contributed by atoms with Gasteiger partial charge in [0.1, 0.15) is 5.75 Å². The SMILES string of the molecule is CCOc1ccccc1NS(=O)(=O)c1[nH]ncc1CNC. The van der Waals surface area contributed by atoms with E-state index in [2.05, 4.69) is 20.2 Å². The molecule has 0 fully saturated rings. The summed E-state index contributed by atoms with van der Waals surface area (Å²) in [6.07, 6.45) is 1.49. The standard InChI is InChI=1S/C13H18N4O3S/c1-3-20-12-7-5-4-6-11(12)17-21(18,19)13-10(8-14-2)9-15-16-13/h4-7,9,14,17H,3,8H2,1-2H3,(H,15,16). The molecule has 0 radical (unpaired) electrons. The highest BCUT2D eigenvalue weighted by molar-refractivity contribution is 7.92. The maximum absolute atomic E-state index is 12.4. The lowest BCUT2D eigenvalue weighted by atomic mass is 10.3. The van der Waals surface area contributed by atoms with Crippen LogP contribution in [0.25, 0.3) is 0 Å². The molecule has 0 atom stereocenters. The molecule has 0 aliphatic carbocycles. The third-order valence-corrected chi connectivity index (χ3v) is 4.12. The largest absolute Gasteiger partial charge is 0.492 e. The first-order chi connectivity index (χ1) is 10.1. The Labute approximate surface area is 123 Å². The fraction of sp³-hybridized carbons (Fsp3) is 0.308. The minimum atomic E-state index is -3.75. The predicted octanol–water partition coefficient (Wildman–Crippen LogP) is 1.33. The van der Waals surface area contributed by atoms with Gasteiger partial charge in [0.05, 0.1) is 18.5 Å². The second-order valence-corrected chi connectivity index (χ2v) is 5.91. The van der Waals surface area contributed by atoms with Gasteiger partial charge in [-0.2, -0.15) is 13.5 Å². The van der Waals surface area contributed by atoms with Gasteiger partial charge in [0.2, 0.25) is 0 Å². The van der Waals surface area contributed by atoms with Crippen molar-refractivity contribution in [1.29, 1.82) is 0 Å².